The predicted molar refractivity (Wildman–Crippen MR) is 97.2 cm³/mol. The number of nitrogens with one attached hydrogen (secondary N) is 1. The second-order valence-corrected chi connectivity index (χ2v) is 7.15. The van der Waals surface area contributed by atoms with Crippen molar-refractivity contribution in [2.75, 3.05) is 32.6 Å². The first-order chi connectivity index (χ1) is 11.3. The third-order valence-electron chi connectivity index (χ3n) is 4.40. The first kappa shape index (κ1) is 18.7. The van der Waals surface area contributed by atoms with E-state index in [9.17, 15) is 4.79 Å². The zero-order chi connectivity index (χ0) is 17.9. The van der Waals surface area contributed by atoms with Crippen LogP contribution in [0.15, 0.2) is 12.1 Å². The molecule has 0 radical (unpaired) electrons. The molecule has 2 rings (SSSR count). The van der Waals surface area contributed by atoms with Crippen LogP contribution in [0.5, 0.6) is 11.5 Å². The number of benzene rings is 1. The minimum absolute atomic E-state index is 0.0994. The molecule has 1 aromatic carbocycles. The first-order valence-corrected chi connectivity index (χ1v) is 8.70. The van der Waals surface area contributed by atoms with E-state index in [4.69, 9.17) is 21.1 Å². The van der Waals surface area contributed by atoms with Crippen molar-refractivity contribution in [3.05, 3.63) is 17.2 Å². The van der Waals surface area contributed by atoms with Crippen LogP contribution in [0.25, 0.3) is 0 Å². The fourth-order valence-electron chi connectivity index (χ4n) is 3.38. The summed E-state index contributed by atoms with van der Waals surface area (Å²) in [4.78, 5) is 14.7. The fraction of sp³-hybridized carbons (Fsp3) is 0.611. The van der Waals surface area contributed by atoms with Gasteiger partial charge in [-0.3, -0.25) is 4.79 Å². The highest BCUT2D eigenvalue weighted by Crippen LogP contribution is 2.36. The summed E-state index contributed by atoms with van der Waals surface area (Å²) >= 11 is 6.19. The second-order valence-electron chi connectivity index (χ2n) is 6.74. The Morgan fingerprint density at radius 3 is 2.33 bits per heavy atom. The van der Waals surface area contributed by atoms with Crippen molar-refractivity contribution in [3.63, 3.8) is 0 Å². The maximum Gasteiger partial charge on any atom is 0.244 e. The number of hydrogen-bond acceptors (Lipinski definition) is 4. The Morgan fingerprint density at radius 1 is 1.21 bits per heavy atom. The fourth-order valence-corrected chi connectivity index (χ4v) is 3.63. The molecule has 5 nitrogen and oxygen atoms in total. The van der Waals surface area contributed by atoms with Gasteiger partial charge < -0.3 is 19.7 Å². The van der Waals surface area contributed by atoms with Gasteiger partial charge in [-0.15, -0.1) is 0 Å². The quantitative estimate of drug-likeness (QED) is 0.876. The third-order valence-corrected chi connectivity index (χ3v) is 4.69. The van der Waals surface area contributed by atoms with E-state index in [1.165, 1.54) is 6.42 Å². The van der Waals surface area contributed by atoms with Crippen LogP contribution in [-0.4, -0.2) is 44.2 Å². The molecular weight excluding hydrogens is 328 g/mol. The summed E-state index contributed by atoms with van der Waals surface area (Å²) in [5.74, 6) is 2.31. The van der Waals surface area contributed by atoms with Crippen LogP contribution < -0.4 is 14.8 Å². The van der Waals surface area contributed by atoms with Crippen molar-refractivity contribution in [1.29, 1.82) is 0 Å². The van der Waals surface area contributed by atoms with Gasteiger partial charge in [0.2, 0.25) is 5.91 Å². The number of carbonyl (C=O) groups is 1. The lowest BCUT2D eigenvalue weighted by atomic mass is 9.91. The maximum absolute atomic E-state index is 12.8. The average Bonchev–Trinajstić information content (AvgIpc) is 2.53. The predicted octanol–water partition coefficient (Wildman–Crippen LogP) is 3.66. The molecule has 0 spiro atoms. The minimum atomic E-state index is -0.360. The second kappa shape index (κ2) is 7.97. The number of likely N-dealkylation sites (tertiary alicyclic amines) is 1. The Balaban J connectivity index is 2.12. The van der Waals surface area contributed by atoms with Crippen LogP contribution >= 0.6 is 11.6 Å². The largest absolute Gasteiger partial charge is 0.495 e. The highest BCUT2D eigenvalue weighted by molar-refractivity contribution is 6.32. The van der Waals surface area contributed by atoms with Crippen molar-refractivity contribution in [2.45, 2.75) is 33.2 Å². The topological polar surface area (TPSA) is 50.8 Å². The molecule has 0 aliphatic carbocycles. The lowest BCUT2D eigenvalue weighted by molar-refractivity contribution is -0.134. The molecule has 1 N–H and O–H groups in total. The van der Waals surface area contributed by atoms with Crippen LogP contribution in [-0.2, 0) is 4.79 Å². The number of hydrogen-bond donors (Lipinski definition) is 1. The standard InChI is InChI=1S/C18H27ClN2O3/c1-11-6-12(2)10-21(9-11)18(22)13(3)20-15-7-14(19)16(23-4)8-17(15)24-5/h7-8,11-13,20H,6,9-10H2,1-5H3/t11-,12+,13-/m1/s1. The Labute approximate surface area is 149 Å². The number of piperidine rings is 1. The van der Waals surface area contributed by atoms with E-state index in [-0.39, 0.29) is 11.9 Å². The maximum atomic E-state index is 12.8. The SMILES string of the molecule is COc1cc(OC)c(N[C@H](C)C(=O)N2C[C@H](C)C[C@H](C)C2)cc1Cl. The Kier molecular flexibility index (Phi) is 6.21. The van der Waals surface area contributed by atoms with Gasteiger partial charge in [0, 0.05) is 19.2 Å². The van der Waals surface area contributed by atoms with Gasteiger partial charge in [0.05, 0.1) is 24.9 Å². The van der Waals surface area contributed by atoms with Crippen LogP contribution in [0, 0.1) is 11.8 Å². The van der Waals surface area contributed by atoms with Crippen molar-refractivity contribution in [2.24, 2.45) is 11.8 Å². The van der Waals surface area contributed by atoms with Crippen LogP contribution in [0.1, 0.15) is 27.2 Å². The van der Waals surface area contributed by atoms with Crippen LogP contribution in [0.2, 0.25) is 5.02 Å². The lowest BCUT2D eigenvalue weighted by Crippen LogP contribution is -2.48. The molecule has 134 valence electrons. The molecule has 1 aliphatic heterocycles. The normalized spacial score (nSPS) is 22.0. The Bertz CT molecular complexity index is 584. The number of halogens is 1. The molecule has 1 saturated heterocycles. The molecule has 0 bridgehead atoms. The van der Waals surface area contributed by atoms with E-state index in [1.54, 1.807) is 26.4 Å². The Morgan fingerprint density at radius 2 is 1.79 bits per heavy atom. The summed E-state index contributed by atoms with van der Waals surface area (Å²) < 4.78 is 10.6. The van der Waals surface area contributed by atoms with E-state index >= 15 is 0 Å². The molecule has 1 heterocycles. The third kappa shape index (κ3) is 4.26. The zero-order valence-electron chi connectivity index (χ0n) is 15.1. The van der Waals surface area contributed by atoms with Crippen molar-refractivity contribution < 1.29 is 14.3 Å². The first-order valence-electron chi connectivity index (χ1n) is 8.32. The molecule has 1 aliphatic rings. The van der Waals surface area contributed by atoms with Crippen LogP contribution in [0.4, 0.5) is 5.69 Å². The van der Waals surface area contributed by atoms with Gasteiger partial charge in [0.25, 0.3) is 0 Å². The zero-order valence-corrected chi connectivity index (χ0v) is 15.8. The highest BCUT2D eigenvalue weighted by atomic mass is 35.5. The molecule has 1 fully saturated rings. The number of nitrogens with zero attached hydrogens (tertiary/aromatic N) is 1. The Hall–Kier alpha value is -1.62. The average molecular weight is 355 g/mol. The number of methoxy groups -OCH3 is 2. The summed E-state index contributed by atoms with van der Waals surface area (Å²) in [6.45, 7) is 7.88. The smallest absolute Gasteiger partial charge is 0.244 e. The molecule has 0 saturated carbocycles. The van der Waals surface area contributed by atoms with Gasteiger partial charge in [0.1, 0.15) is 17.5 Å². The molecule has 1 amide bonds. The molecule has 24 heavy (non-hydrogen) atoms. The van der Waals surface area contributed by atoms with Crippen molar-refractivity contribution >= 4 is 23.2 Å². The number of amides is 1. The van der Waals surface area contributed by atoms with Gasteiger partial charge in [-0.1, -0.05) is 25.4 Å². The highest BCUT2D eigenvalue weighted by Gasteiger charge is 2.28. The van der Waals surface area contributed by atoms with Crippen molar-refractivity contribution in [3.8, 4) is 11.5 Å². The van der Waals surface area contributed by atoms with Gasteiger partial charge in [-0.2, -0.15) is 0 Å². The monoisotopic (exact) mass is 354 g/mol. The van der Waals surface area contributed by atoms with Crippen LogP contribution in [0.3, 0.4) is 0 Å². The molecule has 3 atom stereocenters. The van der Waals surface area contributed by atoms with Gasteiger partial charge in [0.15, 0.2) is 0 Å². The minimum Gasteiger partial charge on any atom is -0.495 e. The van der Waals surface area contributed by atoms with E-state index in [2.05, 4.69) is 19.2 Å². The van der Waals surface area contributed by atoms with Gasteiger partial charge in [-0.05, 0) is 31.2 Å². The molecule has 0 unspecified atom stereocenters. The molecule has 0 aromatic heterocycles. The number of rotatable bonds is 5. The molecule has 1 aromatic rings. The summed E-state index contributed by atoms with van der Waals surface area (Å²) in [5, 5.41) is 3.70. The van der Waals surface area contributed by atoms with E-state index < -0.39 is 0 Å². The number of ether oxygens (including phenoxy) is 2. The van der Waals surface area contributed by atoms with E-state index in [0.717, 1.165) is 13.1 Å². The summed E-state index contributed by atoms with van der Waals surface area (Å²) in [5.41, 5.74) is 0.683. The van der Waals surface area contributed by atoms with Gasteiger partial charge >= 0.3 is 0 Å². The molecular formula is C18H27ClN2O3. The van der Waals surface area contributed by atoms with E-state index in [1.807, 2.05) is 11.8 Å². The summed E-state index contributed by atoms with van der Waals surface area (Å²) in [7, 11) is 3.13. The summed E-state index contributed by atoms with van der Waals surface area (Å²) in [6.07, 6.45) is 1.17. The van der Waals surface area contributed by atoms with E-state index in [0.29, 0.717) is 34.0 Å². The van der Waals surface area contributed by atoms with Gasteiger partial charge in [-0.25, -0.2) is 0 Å². The van der Waals surface area contributed by atoms with Crippen molar-refractivity contribution in [1.82, 2.24) is 4.90 Å². The number of anilines is 1. The number of carbonyl (C=O) groups excluding carboxylic acids is 1. The lowest BCUT2D eigenvalue weighted by Gasteiger charge is -2.36. The summed E-state index contributed by atoms with van der Waals surface area (Å²) in [6, 6.07) is 3.08. The molecule has 6 heteroatoms.